The molecule has 0 radical (unpaired) electrons. The van der Waals surface area contributed by atoms with Crippen molar-refractivity contribution in [1.29, 1.82) is 0 Å². The van der Waals surface area contributed by atoms with Crippen LogP contribution in [0.4, 0.5) is 0 Å². The molecule has 7 heteroatoms. The number of carbonyl (C=O) groups excluding carboxylic acids is 2. The van der Waals surface area contributed by atoms with E-state index in [2.05, 4.69) is 0 Å². The summed E-state index contributed by atoms with van der Waals surface area (Å²) in [5, 5.41) is 23.2. The minimum absolute atomic E-state index is 0.190. The monoisotopic (exact) mass is 292 g/mol. The molecular formula is C13H24O7. The van der Waals surface area contributed by atoms with Gasteiger partial charge in [-0.25, -0.2) is 0 Å². The molecule has 118 valence electrons. The summed E-state index contributed by atoms with van der Waals surface area (Å²) in [5.74, 6) is -2.45. The molecule has 0 aromatic heterocycles. The van der Waals surface area contributed by atoms with Gasteiger partial charge in [0.25, 0.3) is 0 Å². The summed E-state index contributed by atoms with van der Waals surface area (Å²) < 4.78 is 0. The first kappa shape index (κ1) is 23.3. The Hall–Kier alpha value is -1.76. The molecule has 0 unspecified atom stereocenters. The van der Waals surface area contributed by atoms with Gasteiger partial charge in [0.2, 0.25) is 0 Å². The molecule has 0 aliphatic heterocycles. The van der Waals surface area contributed by atoms with E-state index in [1.807, 2.05) is 13.8 Å². The predicted molar refractivity (Wildman–Crippen MR) is 72.5 cm³/mol. The van der Waals surface area contributed by atoms with Crippen molar-refractivity contribution >= 4 is 23.5 Å². The average Bonchev–Trinajstić information content (AvgIpc) is 2.30. The second-order valence-electron chi connectivity index (χ2n) is 3.72. The van der Waals surface area contributed by atoms with Crippen LogP contribution in [0.5, 0.6) is 0 Å². The van der Waals surface area contributed by atoms with Crippen molar-refractivity contribution in [1.82, 2.24) is 0 Å². The number of carboxylic acid groups (broad SMARTS) is 2. The Labute approximate surface area is 118 Å². The van der Waals surface area contributed by atoms with Crippen LogP contribution in [0.25, 0.3) is 0 Å². The first-order valence-corrected chi connectivity index (χ1v) is 6.25. The van der Waals surface area contributed by atoms with E-state index < -0.39 is 11.9 Å². The Bertz CT molecular complexity index is 267. The fraction of sp³-hybridized carbons (Fsp3) is 0.692. The zero-order chi connectivity index (χ0) is 16.6. The lowest BCUT2D eigenvalue weighted by atomic mass is 10.2. The van der Waals surface area contributed by atoms with Crippen LogP contribution in [0.3, 0.4) is 0 Å². The minimum Gasteiger partial charge on any atom is -0.481 e. The SMILES string of the molecule is CCCC(=O)CC(=O)O.CCCC(=O)CC(=O)O.CO. The topological polar surface area (TPSA) is 129 Å². The zero-order valence-corrected chi connectivity index (χ0v) is 12.2. The lowest BCUT2D eigenvalue weighted by Gasteiger charge is -1.90. The summed E-state index contributed by atoms with van der Waals surface area (Å²) >= 11 is 0. The molecule has 0 spiro atoms. The summed E-state index contributed by atoms with van der Waals surface area (Å²) in [6.45, 7) is 3.69. The van der Waals surface area contributed by atoms with Crippen molar-refractivity contribution in [2.75, 3.05) is 7.11 Å². The number of carbonyl (C=O) groups is 4. The third-order valence-electron chi connectivity index (χ3n) is 1.75. The molecule has 0 atom stereocenters. The maximum absolute atomic E-state index is 10.5. The van der Waals surface area contributed by atoms with Crippen molar-refractivity contribution in [2.24, 2.45) is 0 Å². The predicted octanol–water partition coefficient (Wildman–Crippen LogP) is 1.27. The number of carboxylic acids is 2. The van der Waals surface area contributed by atoms with Crippen molar-refractivity contribution in [2.45, 2.75) is 52.4 Å². The van der Waals surface area contributed by atoms with E-state index in [-0.39, 0.29) is 24.4 Å². The highest BCUT2D eigenvalue weighted by molar-refractivity contribution is 5.95. The molecule has 0 fully saturated rings. The first-order valence-electron chi connectivity index (χ1n) is 6.25. The molecule has 0 aromatic rings. The van der Waals surface area contributed by atoms with Crippen LogP contribution in [0, 0.1) is 0 Å². The number of aliphatic hydroxyl groups is 1. The van der Waals surface area contributed by atoms with Gasteiger partial charge in [0.15, 0.2) is 0 Å². The highest BCUT2D eigenvalue weighted by Crippen LogP contribution is 1.93. The quantitative estimate of drug-likeness (QED) is 0.574. The van der Waals surface area contributed by atoms with Gasteiger partial charge in [-0.05, 0) is 12.8 Å². The maximum Gasteiger partial charge on any atom is 0.310 e. The van der Waals surface area contributed by atoms with E-state index >= 15 is 0 Å². The molecule has 0 amide bonds. The molecule has 0 heterocycles. The number of Topliss-reactive ketones (excluding diaryl/α,β-unsaturated/α-hetero) is 2. The lowest BCUT2D eigenvalue weighted by Crippen LogP contribution is -2.05. The molecule has 0 saturated heterocycles. The molecular weight excluding hydrogens is 268 g/mol. The van der Waals surface area contributed by atoms with Gasteiger partial charge < -0.3 is 15.3 Å². The summed E-state index contributed by atoms with van der Waals surface area (Å²) in [4.78, 5) is 40.7. The molecule has 0 saturated carbocycles. The van der Waals surface area contributed by atoms with Crippen molar-refractivity contribution < 1.29 is 34.5 Å². The Morgan fingerprint density at radius 3 is 1.10 bits per heavy atom. The third kappa shape index (κ3) is 25.2. The first-order chi connectivity index (χ1) is 9.33. The molecule has 0 aliphatic carbocycles. The van der Waals surface area contributed by atoms with Crippen molar-refractivity contribution in [3.05, 3.63) is 0 Å². The van der Waals surface area contributed by atoms with Crippen LogP contribution in [0.2, 0.25) is 0 Å². The highest BCUT2D eigenvalue weighted by atomic mass is 16.4. The van der Waals surface area contributed by atoms with E-state index in [0.29, 0.717) is 12.8 Å². The number of rotatable bonds is 8. The van der Waals surface area contributed by atoms with E-state index in [1.165, 1.54) is 0 Å². The fourth-order valence-corrected chi connectivity index (χ4v) is 1.07. The van der Waals surface area contributed by atoms with Crippen LogP contribution in [0.15, 0.2) is 0 Å². The van der Waals surface area contributed by atoms with Gasteiger partial charge in [0.05, 0.1) is 0 Å². The van der Waals surface area contributed by atoms with Crippen LogP contribution >= 0.6 is 0 Å². The Kier molecular flexibility index (Phi) is 20.1. The van der Waals surface area contributed by atoms with E-state index in [0.717, 1.165) is 20.0 Å². The van der Waals surface area contributed by atoms with Gasteiger partial charge in [-0.3, -0.25) is 19.2 Å². The van der Waals surface area contributed by atoms with E-state index in [9.17, 15) is 19.2 Å². The summed E-state index contributed by atoms with van der Waals surface area (Å²) in [5.41, 5.74) is 0. The average molecular weight is 292 g/mol. The van der Waals surface area contributed by atoms with Gasteiger partial charge in [-0.2, -0.15) is 0 Å². The number of hydrogen-bond donors (Lipinski definition) is 3. The molecule has 0 aliphatic rings. The summed E-state index contributed by atoms with van der Waals surface area (Å²) in [6.07, 6.45) is 1.57. The zero-order valence-electron chi connectivity index (χ0n) is 12.2. The molecule has 7 nitrogen and oxygen atoms in total. The standard InChI is InChI=1S/2C6H10O3.CH4O/c2*1-2-3-5(7)4-6(8)9;1-2/h2*2-4H2,1H3,(H,8,9);2H,1H3. The second kappa shape index (κ2) is 17.2. The lowest BCUT2D eigenvalue weighted by molar-refractivity contribution is -0.141. The Morgan fingerprint density at radius 1 is 0.700 bits per heavy atom. The number of aliphatic hydroxyl groups excluding tert-OH is 1. The number of aliphatic carboxylic acids is 2. The van der Waals surface area contributed by atoms with Gasteiger partial charge in [-0.1, -0.05) is 13.8 Å². The molecule has 0 aromatic carbocycles. The fourth-order valence-electron chi connectivity index (χ4n) is 1.07. The molecule has 0 bridgehead atoms. The van der Waals surface area contributed by atoms with Gasteiger partial charge >= 0.3 is 11.9 Å². The van der Waals surface area contributed by atoms with Crippen LogP contribution in [0.1, 0.15) is 52.4 Å². The smallest absolute Gasteiger partial charge is 0.310 e. The van der Waals surface area contributed by atoms with E-state index in [1.54, 1.807) is 0 Å². The maximum atomic E-state index is 10.5. The van der Waals surface area contributed by atoms with Crippen molar-refractivity contribution in [3.63, 3.8) is 0 Å². The van der Waals surface area contributed by atoms with Crippen LogP contribution in [-0.2, 0) is 19.2 Å². The van der Waals surface area contributed by atoms with Crippen LogP contribution < -0.4 is 0 Å². The van der Waals surface area contributed by atoms with E-state index in [4.69, 9.17) is 15.3 Å². The molecule has 3 N–H and O–H groups in total. The van der Waals surface area contributed by atoms with Crippen molar-refractivity contribution in [3.8, 4) is 0 Å². The number of ketones is 2. The van der Waals surface area contributed by atoms with Crippen LogP contribution in [-0.4, -0.2) is 45.9 Å². The highest BCUT2D eigenvalue weighted by Gasteiger charge is 2.05. The summed E-state index contributed by atoms with van der Waals surface area (Å²) in [7, 11) is 1.00. The third-order valence-corrected chi connectivity index (χ3v) is 1.75. The van der Waals surface area contributed by atoms with Gasteiger partial charge in [0.1, 0.15) is 24.4 Å². The van der Waals surface area contributed by atoms with Gasteiger partial charge in [-0.15, -0.1) is 0 Å². The normalized spacial score (nSPS) is 8.40. The minimum atomic E-state index is -1.03. The molecule has 0 rings (SSSR count). The second-order valence-corrected chi connectivity index (χ2v) is 3.72. The Balaban J connectivity index is -0.000000257. The largest absolute Gasteiger partial charge is 0.481 e. The Morgan fingerprint density at radius 2 is 0.950 bits per heavy atom. The molecule has 20 heavy (non-hydrogen) atoms. The summed E-state index contributed by atoms with van der Waals surface area (Å²) in [6, 6.07) is 0. The number of hydrogen-bond acceptors (Lipinski definition) is 5. The van der Waals surface area contributed by atoms with Gasteiger partial charge in [0, 0.05) is 20.0 Å².